The van der Waals surface area contributed by atoms with Crippen LogP contribution in [0.5, 0.6) is 11.5 Å². The van der Waals surface area contributed by atoms with Crippen molar-refractivity contribution >= 4 is 58.3 Å². The molecule has 1 heterocycles. The van der Waals surface area contributed by atoms with Gasteiger partial charge >= 0.3 is 12.7 Å². The standard InChI is InChI=1S/C42H51F6N15O2/c1-26-6-8-27(9-7-26)22-31(51)24-29(49)4-2-18-56-38-61-39(57-19-3-5-30(50)25-32(52)23-28-10-14-34(15-11-28)64-41(43,44)45)63-40(62-38)58-21-20-55-36(53)60-37(54)59-33-12-16-35(17-13-33)65-42(46,47)48/h6-17,49-52H,2-5,18-25H2,1H3,(H5,53,54,55,59,60)(H3,56,57,58,61,62,63). The van der Waals surface area contributed by atoms with Gasteiger partial charge in [0.15, 0.2) is 0 Å². The monoisotopic (exact) mass is 911 g/mol. The summed E-state index contributed by atoms with van der Waals surface area (Å²) in [5.74, 6) is -0.444. The molecule has 0 fully saturated rings. The molecule has 0 spiro atoms. The van der Waals surface area contributed by atoms with Crippen LogP contribution in [-0.4, -0.2) is 88.6 Å². The molecule has 348 valence electrons. The van der Waals surface area contributed by atoms with E-state index in [0.29, 0.717) is 73.6 Å². The zero-order chi connectivity index (χ0) is 47.4. The molecule has 1 aromatic heterocycles. The molecule has 12 N–H and O–H groups in total. The molecule has 17 nitrogen and oxygen atoms in total. The summed E-state index contributed by atoms with van der Waals surface area (Å²) >= 11 is 0. The second-order valence-corrected chi connectivity index (χ2v) is 14.5. The minimum Gasteiger partial charge on any atom is -0.406 e. The van der Waals surface area contributed by atoms with Gasteiger partial charge in [-0.15, -0.1) is 26.3 Å². The number of nitrogens with two attached hydrogens (primary N) is 2. The molecule has 0 aliphatic carbocycles. The lowest BCUT2D eigenvalue weighted by Gasteiger charge is -2.12. The third-order valence-corrected chi connectivity index (χ3v) is 8.74. The highest BCUT2D eigenvalue weighted by molar-refractivity contribution is 6.03. The molecule has 23 heteroatoms. The molecule has 0 saturated carbocycles. The Hall–Kier alpha value is -7.33. The maximum atomic E-state index is 12.5. The van der Waals surface area contributed by atoms with Crippen LogP contribution in [0.1, 0.15) is 55.2 Å². The van der Waals surface area contributed by atoms with Gasteiger partial charge < -0.3 is 63.8 Å². The highest BCUT2D eigenvalue weighted by atomic mass is 19.4. The fourth-order valence-electron chi connectivity index (χ4n) is 5.85. The fraction of sp³-hybridized carbons (Fsp3) is 0.357. The SMILES string of the molecule is Cc1ccc(CC(=N)CC(=N)CCCNc2nc(NCCCC(=N)CC(=N)Cc3ccc(OC(F)(F)F)cc3)nc(NCCN=C(N)N=C(N)Nc3ccc(OC(F)(F)F)cc3)n2)cc1. The van der Waals surface area contributed by atoms with Crippen LogP contribution in [0.4, 0.5) is 49.9 Å². The smallest absolute Gasteiger partial charge is 0.406 e. The molecule has 0 amide bonds. The topological polar surface area (TPSA) is 277 Å². The Kier molecular flexibility index (Phi) is 19.0. The van der Waals surface area contributed by atoms with E-state index in [0.717, 1.165) is 23.3 Å². The van der Waals surface area contributed by atoms with E-state index >= 15 is 0 Å². The molecule has 0 aliphatic rings. The fourth-order valence-corrected chi connectivity index (χ4v) is 5.85. The third kappa shape index (κ3) is 21.1. The van der Waals surface area contributed by atoms with E-state index in [1.165, 1.54) is 36.4 Å². The van der Waals surface area contributed by atoms with Gasteiger partial charge in [0.05, 0.1) is 6.54 Å². The second-order valence-electron chi connectivity index (χ2n) is 14.5. The number of nitrogens with zero attached hydrogens (tertiary/aromatic N) is 5. The van der Waals surface area contributed by atoms with Crippen molar-refractivity contribution in [2.45, 2.75) is 71.0 Å². The highest BCUT2D eigenvalue weighted by Gasteiger charge is 2.31. The maximum Gasteiger partial charge on any atom is 0.573 e. The summed E-state index contributed by atoms with van der Waals surface area (Å²) in [5, 5.41) is 45.4. The molecule has 4 aromatic rings. The Morgan fingerprint density at radius 3 is 1.46 bits per heavy atom. The molecular weight excluding hydrogens is 861 g/mol. The third-order valence-electron chi connectivity index (χ3n) is 8.74. The predicted molar refractivity (Wildman–Crippen MR) is 240 cm³/mol. The first-order valence-electron chi connectivity index (χ1n) is 20.2. The molecule has 0 bridgehead atoms. The van der Waals surface area contributed by atoms with Crippen molar-refractivity contribution in [3.8, 4) is 11.5 Å². The van der Waals surface area contributed by atoms with Gasteiger partial charge in [0.1, 0.15) is 11.5 Å². The summed E-state index contributed by atoms with van der Waals surface area (Å²) in [5.41, 5.74) is 16.3. The van der Waals surface area contributed by atoms with Crippen LogP contribution >= 0.6 is 0 Å². The minimum absolute atomic E-state index is 0.0967. The maximum absolute atomic E-state index is 12.5. The van der Waals surface area contributed by atoms with Gasteiger partial charge in [-0.2, -0.15) is 19.9 Å². The normalized spacial score (nSPS) is 12.0. The number of aromatic nitrogens is 3. The number of hydrogen-bond donors (Lipinski definition) is 10. The summed E-state index contributed by atoms with van der Waals surface area (Å²) < 4.78 is 82.4. The number of nitrogens with one attached hydrogen (secondary N) is 8. The first kappa shape index (κ1) is 50.3. The van der Waals surface area contributed by atoms with Crippen LogP contribution in [0.25, 0.3) is 0 Å². The van der Waals surface area contributed by atoms with Gasteiger partial charge in [0, 0.05) is 73.9 Å². The van der Waals surface area contributed by atoms with Gasteiger partial charge in [-0.3, -0.25) is 0 Å². The Labute approximate surface area is 371 Å². The summed E-state index contributed by atoms with van der Waals surface area (Å²) in [6, 6.07) is 18.0. The van der Waals surface area contributed by atoms with Crippen LogP contribution in [0, 0.1) is 28.6 Å². The first-order chi connectivity index (χ1) is 30.8. The summed E-state index contributed by atoms with van der Waals surface area (Å²) in [7, 11) is 0. The quantitative estimate of drug-likeness (QED) is 0.0132. The van der Waals surface area contributed by atoms with E-state index in [-0.39, 0.29) is 73.6 Å². The van der Waals surface area contributed by atoms with Crippen molar-refractivity contribution in [2.75, 3.05) is 47.4 Å². The average molecular weight is 912 g/mol. The highest BCUT2D eigenvalue weighted by Crippen LogP contribution is 2.25. The summed E-state index contributed by atoms with van der Waals surface area (Å²) in [4.78, 5) is 21.4. The summed E-state index contributed by atoms with van der Waals surface area (Å²) in [6.45, 7) is 3.10. The molecule has 0 radical (unpaired) electrons. The number of halogens is 6. The van der Waals surface area contributed by atoms with Crippen LogP contribution in [0.15, 0.2) is 82.8 Å². The zero-order valence-electron chi connectivity index (χ0n) is 35.4. The van der Waals surface area contributed by atoms with Crippen molar-refractivity contribution in [3.63, 3.8) is 0 Å². The van der Waals surface area contributed by atoms with Gasteiger partial charge in [-0.1, -0.05) is 42.0 Å². The number of rotatable bonds is 25. The molecule has 0 saturated heterocycles. The van der Waals surface area contributed by atoms with Crippen LogP contribution in [-0.2, 0) is 12.8 Å². The number of aryl methyl sites for hydroxylation is 1. The van der Waals surface area contributed by atoms with Gasteiger partial charge in [0.2, 0.25) is 29.8 Å². The van der Waals surface area contributed by atoms with Crippen molar-refractivity contribution < 1.29 is 35.8 Å². The lowest BCUT2D eigenvalue weighted by atomic mass is 10.0. The van der Waals surface area contributed by atoms with E-state index in [1.54, 1.807) is 0 Å². The van der Waals surface area contributed by atoms with Crippen molar-refractivity contribution in [1.29, 1.82) is 21.6 Å². The van der Waals surface area contributed by atoms with Gasteiger partial charge in [-0.25, -0.2) is 4.99 Å². The van der Waals surface area contributed by atoms with Crippen molar-refractivity contribution in [1.82, 2.24) is 15.0 Å². The molecular formula is C42H51F6N15O2. The molecule has 3 aromatic carbocycles. The number of anilines is 4. The van der Waals surface area contributed by atoms with E-state index in [9.17, 15) is 26.3 Å². The number of alkyl halides is 6. The number of aliphatic imine (C=N–C) groups is 2. The van der Waals surface area contributed by atoms with Crippen molar-refractivity contribution in [3.05, 3.63) is 89.5 Å². The Balaban J connectivity index is 1.28. The summed E-state index contributed by atoms with van der Waals surface area (Å²) in [6.07, 6.45) is -6.71. The van der Waals surface area contributed by atoms with Crippen LogP contribution in [0.3, 0.4) is 0 Å². The Morgan fingerprint density at radius 2 is 1.02 bits per heavy atom. The average Bonchev–Trinajstić information content (AvgIpc) is 3.21. The Morgan fingerprint density at radius 1 is 0.600 bits per heavy atom. The predicted octanol–water partition coefficient (Wildman–Crippen LogP) is 7.86. The molecule has 4 rings (SSSR count). The van der Waals surface area contributed by atoms with Crippen molar-refractivity contribution in [2.24, 2.45) is 21.5 Å². The minimum atomic E-state index is -4.82. The number of hydrogen-bond acceptors (Lipinski definition) is 13. The van der Waals surface area contributed by atoms with Gasteiger partial charge in [-0.05, 0) is 80.1 Å². The van der Waals surface area contributed by atoms with Gasteiger partial charge in [0.25, 0.3) is 0 Å². The second kappa shape index (κ2) is 24.5. The number of ether oxygens (including phenoxy) is 2. The number of benzene rings is 3. The number of guanidine groups is 2. The van der Waals surface area contributed by atoms with Crippen LogP contribution < -0.4 is 42.2 Å². The molecule has 0 atom stereocenters. The lowest BCUT2D eigenvalue weighted by molar-refractivity contribution is -0.275. The molecule has 0 unspecified atom stereocenters. The first-order valence-corrected chi connectivity index (χ1v) is 20.2. The zero-order valence-corrected chi connectivity index (χ0v) is 35.4. The van der Waals surface area contributed by atoms with E-state index < -0.39 is 18.5 Å². The molecule has 65 heavy (non-hydrogen) atoms. The van der Waals surface area contributed by atoms with E-state index in [2.05, 4.69) is 55.7 Å². The van der Waals surface area contributed by atoms with E-state index in [1.807, 2.05) is 31.2 Å². The Bertz CT molecular complexity index is 2270. The largest absolute Gasteiger partial charge is 0.573 e. The van der Waals surface area contributed by atoms with E-state index in [4.69, 9.17) is 33.1 Å². The molecule has 0 aliphatic heterocycles. The van der Waals surface area contributed by atoms with Crippen LogP contribution in [0.2, 0.25) is 0 Å². The lowest BCUT2D eigenvalue weighted by Crippen LogP contribution is -2.26.